The fourth-order valence-electron chi connectivity index (χ4n) is 2.68. The summed E-state index contributed by atoms with van der Waals surface area (Å²) in [6, 6.07) is 9.06. The SMILES string of the molecule is C=Cc1ccccc1CNNCCC[Si](OCC)(OCC)OC(C)CC. The van der Waals surface area contributed by atoms with Crippen molar-refractivity contribution in [2.75, 3.05) is 19.8 Å². The van der Waals surface area contributed by atoms with Gasteiger partial charge in [-0.1, -0.05) is 43.8 Å². The third kappa shape index (κ3) is 8.12. The van der Waals surface area contributed by atoms with E-state index < -0.39 is 8.80 Å². The minimum atomic E-state index is -2.60. The molecule has 5 nitrogen and oxygen atoms in total. The van der Waals surface area contributed by atoms with Gasteiger partial charge in [0.15, 0.2) is 0 Å². The Labute approximate surface area is 160 Å². The number of nitrogens with one attached hydrogen (secondary N) is 2. The van der Waals surface area contributed by atoms with Crippen LogP contribution >= 0.6 is 0 Å². The van der Waals surface area contributed by atoms with Crippen molar-refractivity contribution in [1.29, 1.82) is 0 Å². The van der Waals surface area contributed by atoms with Gasteiger partial charge in [0.2, 0.25) is 0 Å². The van der Waals surface area contributed by atoms with Gasteiger partial charge in [0.25, 0.3) is 0 Å². The van der Waals surface area contributed by atoms with Crippen LogP contribution in [0.1, 0.15) is 51.7 Å². The molecule has 1 unspecified atom stereocenters. The van der Waals surface area contributed by atoms with Crippen molar-refractivity contribution in [3.8, 4) is 0 Å². The van der Waals surface area contributed by atoms with Crippen LogP contribution in [-0.2, 0) is 19.8 Å². The molecule has 0 saturated heterocycles. The maximum atomic E-state index is 6.21. The van der Waals surface area contributed by atoms with Crippen molar-refractivity contribution in [1.82, 2.24) is 10.9 Å². The molecule has 26 heavy (non-hydrogen) atoms. The predicted molar refractivity (Wildman–Crippen MR) is 111 cm³/mol. The van der Waals surface area contributed by atoms with Crippen LogP contribution < -0.4 is 10.9 Å². The molecule has 148 valence electrons. The van der Waals surface area contributed by atoms with E-state index in [1.54, 1.807) is 0 Å². The molecule has 0 fully saturated rings. The first-order valence-electron chi connectivity index (χ1n) is 9.72. The molecule has 0 bridgehead atoms. The quantitative estimate of drug-likeness (QED) is 0.272. The summed E-state index contributed by atoms with van der Waals surface area (Å²) in [5.74, 6) is 0. The highest BCUT2D eigenvalue weighted by Crippen LogP contribution is 2.21. The van der Waals surface area contributed by atoms with Crippen molar-refractivity contribution >= 4 is 14.9 Å². The smallest absolute Gasteiger partial charge is 0.374 e. The molecular formula is C20H36N2O3Si. The monoisotopic (exact) mass is 380 g/mol. The van der Waals surface area contributed by atoms with E-state index >= 15 is 0 Å². The third-order valence-electron chi connectivity index (χ3n) is 4.15. The highest BCUT2D eigenvalue weighted by atomic mass is 28.4. The third-order valence-corrected chi connectivity index (χ3v) is 7.33. The maximum absolute atomic E-state index is 6.21. The summed E-state index contributed by atoms with van der Waals surface area (Å²) in [5.41, 5.74) is 8.93. The molecule has 0 aromatic heterocycles. The maximum Gasteiger partial charge on any atom is 0.501 e. The first-order valence-corrected chi connectivity index (χ1v) is 11.7. The predicted octanol–water partition coefficient (Wildman–Crippen LogP) is 4.14. The van der Waals surface area contributed by atoms with Crippen molar-refractivity contribution < 1.29 is 13.3 Å². The van der Waals surface area contributed by atoms with Crippen molar-refractivity contribution in [2.24, 2.45) is 0 Å². The second-order valence-corrected chi connectivity index (χ2v) is 8.85. The lowest BCUT2D eigenvalue weighted by atomic mass is 10.1. The first-order chi connectivity index (χ1) is 12.6. The lowest BCUT2D eigenvalue weighted by Gasteiger charge is -2.31. The van der Waals surface area contributed by atoms with Gasteiger partial charge in [-0.05, 0) is 44.7 Å². The lowest BCUT2D eigenvalue weighted by Crippen LogP contribution is -2.48. The Morgan fingerprint density at radius 3 is 2.42 bits per heavy atom. The van der Waals surface area contributed by atoms with Gasteiger partial charge >= 0.3 is 8.80 Å². The molecule has 0 aliphatic heterocycles. The summed E-state index contributed by atoms with van der Waals surface area (Å²) in [4.78, 5) is 0. The molecule has 6 heteroatoms. The second-order valence-electron chi connectivity index (χ2n) is 6.17. The Morgan fingerprint density at radius 1 is 1.12 bits per heavy atom. The van der Waals surface area contributed by atoms with Crippen LogP contribution in [0.5, 0.6) is 0 Å². The molecule has 0 heterocycles. The van der Waals surface area contributed by atoms with E-state index in [-0.39, 0.29) is 6.10 Å². The molecule has 0 saturated carbocycles. The van der Waals surface area contributed by atoms with Crippen LogP contribution in [0.2, 0.25) is 6.04 Å². The fraction of sp³-hybridized carbons (Fsp3) is 0.600. The van der Waals surface area contributed by atoms with E-state index in [1.807, 2.05) is 32.1 Å². The molecule has 2 N–H and O–H groups in total. The molecule has 0 radical (unpaired) electrons. The summed E-state index contributed by atoms with van der Waals surface area (Å²) in [5, 5.41) is 0. The minimum absolute atomic E-state index is 0.154. The van der Waals surface area contributed by atoms with Crippen LogP contribution in [0.4, 0.5) is 0 Å². The van der Waals surface area contributed by atoms with Crippen LogP contribution in [0.3, 0.4) is 0 Å². The average Bonchev–Trinajstić information content (AvgIpc) is 2.65. The summed E-state index contributed by atoms with van der Waals surface area (Å²) in [6.07, 6.45) is 3.92. The van der Waals surface area contributed by atoms with Gasteiger partial charge < -0.3 is 13.3 Å². The fourth-order valence-corrected chi connectivity index (χ4v) is 5.57. The van der Waals surface area contributed by atoms with Gasteiger partial charge in [-0.2, -0.15) is 0 Å². The van der Waals surface area contributed by atoms with Gasteiger partial charge in [0, 0.05) is 38.5 Å². The van der Waals surface area contributed by atoms with Gasteiger partial charge in [0.05, 0.1) is 0 Å². The van der Waals surface area contributed by atoms with Crippen LogP contribution in [0, 0.1) is 0 Å². The number of benzene rings is 1. The standard InChI is InChI=1S/C20H36N2O3Si/c1-6-18(5)25-26(23-8-3,24-9-4)16-12-15-21-22-17-20-14-11-10-13-19(20)7-2/h7,10-11,13-14,18,21-22H,2,6,8-9,12,15-17H2,1,3-5H3. The highest BCUT2D eigenvalue weighted by molar-refractivity contribution is 6.60. The molecule has 1 rings (SSSR count). The zero-order valence-electron chi connectivity index (χ0n) is 16.8. The van der Waals surface area contributed by atoms with E-state index in [9.17, 15) is 0 Å². The summed E-state index contributed by atoms with van der Waals surface area (Å²) < 4.78 is 18.2. The Hall–Kier alpha value is -1.02. The van der Waals surface area contributed by atoms with Crippen LogP contribution in [0.15, 0.2) is 30.8 Å². The number of hydrazine groups is 1. The molecule has 0 aliphatic carbocycles. The highest BCUT2D eigenvalue weighted by Gasteiger charge is 2.41. The van der Waals surface area contributed by atoms with Crippen LogP contribution in [0.25, 0.3) is 6.08 Å². The van der Waals surface area contributed by atoms with Crippen LogP contribution in [-0.4, -0.2) is 34.7 Å². The normalized spacial score (nSPS) is 12.9. The van der Waals surface area contributed by atoms with Gasteiger partial charge in [-0.15, -0.1) is 0 Å². The largest absolute Gasteiger partial charge is 0.501 e. The Kier molecular flexibility index (Phi) is 11.7. The molecule has 1 aromatic carbocycles. The average molecular weight is 381 g/mol. The number of rotatable bonds is 15. The number of hydrogen-bond donors (Lipinski definition) is 2. The van der Waals surface area contributed by atoms with Gasteiger partial charge in [-0.25, -0.2) is 0 Å². The molecular weight excluding hydrogens is 344 g/mol. The summed E-state index contributed by atoms with van der Waals surface area (Å²) in [7, 11) is -2.60. The zero-order chi connectivity index (χ0) is 19.3. The second kappa shape index (κ2) is 13.2. The minimum Gasteiger partial charge on any atom is -0.374 e. The van der Waals surface area contributed by atoms with E-state index in [1.165, 1.54) is 5.56 Å². The molecule has 0 aliphatic rings. The molecule has 0 amide bonds. The van der Waals surface area contributed by atoms with Gasteiger partial charge in [0.1, 0.15) is 0 Å². The summed E-state index contributed by atoms with van der Waals surface area (Å²) >= 11 is 0. The Bertz CT molecular complexity index is 508. The van der Waals surface area contributed by atoms with Crippen molar-refractivity contribution in [3.05, 3.63) is 42.0 Å². The van der Waals surface area contributed by atoms with Gasteiger partial charge in [-0.3, -0.25) is 10.9 Å². The van der Waals surface area contributed by atoms with Crippen molar-refractivity contribution in [2.45, 2.75) is 59.2 Å². The van der Waals surface area contributed by atoms with E-state index in [0.29, 0.717) is 13.2 Å². The topological polar surface area (TPSA) is 51.8 Å². The Morgan fingerprint density at radius 2 is 1.81 bits per heavy atom. The van der Waals surface area contributed by atoms with E-state index in [0.717, 1.165) is 37.5 Å². The lowest BCUT2D eigenvalue weighted by molar-refractivity contribution is 0.0367. The first kappa shape index (κ1) is 23.0. The van der Waals surface area contributed by atoms with E-state index in [2.05, 4.69) is 43.4 Å². The van der Waals surface area contributed by atoms with Crippen molar-refractivity contribution in [3.63, 3.8) is 0 Å². The summed E-state index contributed by atoms with van der Waals surface area (Å²) in [6.45, 7) is 14.9. The van der Waals surface area contributed by atoms with E-state index in [4.69, 9.17) is 13.3 Å². The molecule has 1 aromatic rings. The molecule has 0 spiro atoms. The molecule has 1 atom stereocenters. The Balaban J connectivity index is 2.42. The number of hydrogen-bond acceptors (Lipinski definition) is 5. The zero-order valence-corrected chi connectivity index (χ0v) is 17.8.